The summed E-state index contributed by atoms with van der Waals surface area (Å²) in [6.45, 7) is 3.04. The number of hydrogen-bond donors (Lipinski definition) is 1. The number of hydrogen-bond acceptors (Lipinski definition) is 1. The van der Waals surface area contributed by atoms with E-state index in [0.717, 1.165) is 11.1 Å². The lowest BCUT2D eigenvalue weighted by molar-refractivity contribution is 0.430. The zero-order chi connectivity index (χ0) is 8.43. The SMILES string of the molecule is Cc1cc(C)c(O)c(CF)c1. The third-order valence-corrected chi connectivity index (χ3v) is 1.67. The smallest absolute Gasteiger partial charge is 0.124 e. The molecular weight excluding hydrogens is 143 g/mol. The Hall–Kier alpha value is -1.05. The topological polar surface area (TPSA) is 20.2 Å². The minimum Gasteiger partial charge on any atom is -0.507 e. The maximum atomic E-state index is 12.2. The summed E-state index contributed by atoms with van der Waals surface area (Å²) in [5.74, 6) is 0.0816. The average molecular weight is 154 g/mol. The van der Waals surface area contributed by atoms with Crippen molar-refractivity contribution in [3.63, 3.8) is 0 Å². The van der Waals surface area contributed by atoms with Crippen molar-refractivity contribution in [3.8, 4) is 5.75 Å². The summed E-state index contributed by atoms with van der Waals surface area (Å²) in [7, 11) is 0. The van der Waals surface area contributed by atoms with Crippen molar-refractivity contribution in [1.29, 1.82) is 0 Å². The molecule has 0 spiro atoms. The first kappa shape index (κ1) is 8.05. The summed E-state index contributed by atoms with van der Waals surface area (Å²) in [5.41, 5.74) is 2.09. The van der Waals surface area contributed by atoms with Gasteiger partial charge in [0.05, 0.1) is 0 Å². The Bertz CT molecular complexity index is 269. The predicted molar refractivity (Wildman–Crippen MR) is 42.4 cm³/mol. The monoisotopic (exact) mass is 154 g/mol. The van der Waals surface area contributed by atoms with Crippen LogP contribution < -0.4 is 0 Å². The number of aromatic hydroxyl groups is 1. The van der Waals surface area contributed by atoms with Crippen LogP contribution in [-0.2, 0) is 6.67 Å². The number of rotatable bonds is 1. The molecule has 0 aliphatic carbocycles. The molecule has 0 atom stereocenters. The fourth-order valence-corrected chi connectivity index (χ4v) is 1.15. The van der Waals surface area contributed by atoms with Gasteiger partial charge in [0.1, 0.15) is 12.4 Å². The second-order valence-corrected chi connectivity index (χ2v) is 2.72. The fourth-order valence-electron chi connectivity index (χ4n) is 1.15. The lowest BCUT2D eigenvalue weighted by Gasteiger charge is -2.04. The van der Waals surface area contributed by atoms with E-state index in [2.05, 4.69) is 0 Å². The zero-order valence-electron chi connectivity index (χ0n) is 6.69. The van der Waals surface area contributed by atoms with Crippen LogP contribution in [0.15, 0.2) is 12.1 Å². The van der Waals surface area contributed by atoms with Gasteiger partial charge in [0.2, 0.25) is 0 Å². The van der Waals surface area contributed by atoms with E-state index in [1.54, 1.807) is 13.0 Å². The van der Waals surface area contributed by atoms with E-state index in [0.29, 0.717) is 5.56 Å². The molecule has 0 heterocycles. The van der Waals surface area contributed by atoms with Crippen LogP contribution in [0, 0.1) is 13.8 Å². The van der Waals surface area contributed by atoms with Gasteiger partial charge in [0.25, 0.3) is 0 Å². The maximum absolute atomic E-state index is 12.2. The highest BCUT2D eigenvalue weighted by atomic mass is 19.1. The van der Waals surface area contributed by atoms with Crippen LogP contribution in [0.2, 0.25) is 0 Å². The standard InChI is InChI=1S/C9H11FO/c1-6-3-7(2)9(11)8(4-6)5-10/h3-4,11H,5H2,1-2H3. The van der Waals surface area contributed by atoms with E-state index in [4.69, 9.17) is 0 Å². The predicted octanol–water partition coefficient (Wildman–Crippen LogP) is 2.48. The highest BCUT2D eigenvalue weighted by molar-refractivity contribution is 5.42. The number of halogens is 1. The summed E-state index contributed by atoms with van der Waals surface area (Å²) >= 11 is 0. The van der Waals surface area contributed by atoms with Crippen molar-refractivity contribution >= 4 is 0 Å². The molecule has 1 aromatic rings. The molecule has 1 aromatic carbocycles. The highest BCUT2D eigenvalue weighted by Gasteiger charge is 2.03. The Morgan fingerprint density at radius 3 is 2.55 bits per heavy atom. The number of aryl methyl sites for hydroxylation is 2. The Morgan fingerprint density at radius 1 is 1.36 bits per heavy atom. The molecule has 0 aromatic heterocycles. The van der Waals surface area contributed by atoms with Crippen LogP contribution in [0.3, 0.4) is 0 Å². The Morgan fingerprint density at radius 2 is 2.00 bits per heavy atom. The van der Waals surface area contributed by atoms with Gasteiger partial charge in [-0.15, -0.1) is 0 Å². The van der Waals surface area contributed by atoms with Crippen molar-refractivity contribution in [2.45, 2.75) is 20.5 Å². The second-order valence-electron chi connectivity index (χ2n) is 2.72. The van der Waals surface area contributed by atoms with Gasteiger partial charge in [0.15, 0.2) is 0 Å². The summed E-state index contributed by atoms with van der Waals surface area (Å²) in [4.78, 5) is 0. The number of benzene rings is 1. The number of phenolic OH excluding ortho intramolecular Hbond substituents is 1. The van der Waals surface area contributed by atoms with Gasteiger partial charge in [-0.2, -0.15) is 0 Å². The fraction of sp³-hybridized carbons (Fsp3) is 0.333. The molecule has 1 nitrogen and oxygen atoms in total. The third kappa shape index (κ3) is 1.50. The molecule has 0 bridgehead atoms. The Labute approximate surface area is 65.5 Å². The molecule has 60 valence electrons. The molecule has 1 N–H and O–H groups in total. The second kappa shape index (κ2) is 2.91. The van der Waals surface area contributed by atoms with Crippen LogP contribution in [0.4, 0.5) is 4.39 Å². The molecule has 0 aliphatic heterocycles. The highest BCUT2D eigenvalue weighted by Crippen LogP contribution is 2.23. The summed E-state index contributed by atoms with van der Waals surface area (Å²) < 4.78 is 12.2. The van der Waals surface area contributed by atoms with Crippen molar-refractivity contribution < 1.29 is 9.50 Å². The van der Waals surface area contributed by atoms with Crippen LogP contribution >= 0.6 is 0 Å². The van der Waals surface area contributed by atoms with E-state index in [9.17, 15) is 9.50 Å². The van der Waals surface area contributed by atoms with Crippen LogP contribution in [0.1, 0.15) is 16.7 Å². The molecule has 1 rings (SSSR count). The van der Waals surface area contributed by atoms with Gasteiger partial charge in [-0.25, -0.2) is 4.39 Å². The lowest BCUT2D eigenvalue weighted by Crippen LogP contribution is -1.85. The summed E-state index contributed by atoms with van der Waals surface area (Å²) in [6, 6.07) is 3.48. The van der Waals surface area contributed by atoms with Crippen molar-refractivity contribution in [2.24, 2.45) is 0 Å². The molecule has 0 aliphatic rings. The molecule has 0 radical (unpaired) electrons. The summed E-state index contributed by atoms with van der Waals surface area (Å²) in [5, 5.41) is 9.28. The number of phenols is 1. The zero-order valence-corrected chi connectivity index (χ0v) is 6.69. The van der Waals surface area contributed by atoms with E-state index in [-0.39, 0.29) is 5.75 Å². The van der Waals surface area contributed by atoms with Gasteiger partial charge >= 0.3 is 0 Å². The van der Waals surface area contributed by atoms with Gasteiger partial charge in [-0.1, -0.05) is 11.6 Å². The molecule has 11 heavy (non-hydrogen) atoms. The number of alkyl halides is 1. The quantitative estimate of drug-likeness (QED) is 0.658. The molecule has 2 heteroatoms. The van der Waals surface area contributed by atoms with E-state index < -0.39 is 6.67 Å². The molecule has 0 saturated carbocycles. The lowest BCUT2D eigenvalue weighted by atomic mass is 10.1. The van der Waals surface area contributed by atoms with Crippen molar-refractivity contribution in [3.05, 3.63) is 28.8 Å². The van der Waals surface area contributed by atoms with Crippen molar-refractivity contribution in [2.75, 3.05) is 0 Å². The third-order valence-electron chi connectivity index (χ3n) is 1.67. The normalized spacial score (nSPS) is 10.1. The minimum atomic E-state index is -0.603. The van der Waals surface area contributed by atoms with E-state index >= 15 is 0 Å². The van der Waals surface area contributed by atoms with E-state index in [1.165, 1.54) is 0 Å². The van der Waals surface area contributed by atoms with Gasteiger partial charge in [0, 0.05) is 5.56 Å². The van der Waals surface area contributed by atoms with Gasteiger partial charge < -0.3 is 5.11 Å². The minimum absolute atomic E-state index is 0.0816. The largest absolute Gasteiger partial charge is 0.507 e. The van der Waals surface area contributed by atoms with Crippen LogP contribution in [-0.4, -0.2) is 5.11 Å². The molecular formula is C9H11FO. The maximum Gasteiger partial charge on any atom is 0.124 e. The Kier molecular flexibility index (Phi) is 2.13. The van der Waals surface area contributed by atoms with Crippen molar-refractivity contribution in [1.82, 2.24) is 0 Å². The average Bonchev–Trinajstić information content (AvgIpc) is 1.96. The molecule has 0 unspecified atom stereocenters. The van der Waals surface area contributed by atoms with E-state index in [1.807, 2.05) is 13.0 Å². The van der Waals surface area contributed by atoms with Gasteiger partial charge in [-0.3, -0.25) is 0 Å². The first-order valence-corrected chi connectivity index (χ1v) is 3.50. The first-order chi connectivity index (χ1) is 5.15. The van der Waals surface area contributed by atoms with Crippen LogP contribution in [0.5, 0.6) is 5.75 Å². The molecule has 0 saturated heterocycles. The molecule has 0 fully saturated rings. The first-order valence-electron chi connectivity index (χ1n) is 3.50. The molecule has 0 amide bonds. The van der Waals surface area contributed by atoms with Gasteiger partial charge in [-0.05, 0) is 25.5 Å². The summed E-state index contributed by atoms with van der Waals surface area (Å²) in [6.07, 6.45) is 0. The Balaban J connectivity index is 3.24. The van der Waals surface area contributed by atoms with Crippen LogP contribution in [0.25, 0.3) is 0 Å².